The lowest BCUT2D eigenvalue weighted by Crippen LogP contribution is -2.18. The van der Waals surface area contributed by atoms with Gasteiger partial charge in [-0.05, 0) is 52.7 Å². The third kappa shape index (κ3) is 8.84. The Bertz CT molecular complexity index is 936. The zero-order valence-corrected chi connectivity index (χ0v) is 20.4. The quantitative estimate of drug-likeness (QED) is 0.486. The Morgan fingerprint density at radius 1 is 1.12 bits per heavy atom. The number of carbonyl (C=O) groups is 3. The van der Waals surface area contributed by atoms with Gasteiger partial charge in [0.05, 0.1) is 22.1 Å². The monoisotopic (exact) mass is 475 g/mol. The molecule has 3 N–H and O–H groups in total. The average Bonchev–Trinajstić information content (AvgIpc) is 3.23. The van der Waals surface area contributed by atoms with Crippen molar-refractivity contribution in [2.24, 2.45) is 5.73 Å². The molecule has 1 aliphatic carbocycles. The number of hydrogen-bond acceptors (Lipinski definition) is 7. The minimum Gasteiger partial charge on any atom is -0.447 e. The third-order valence-corrected chi connectivity index (χ3v) is 6.06. The number of aldehydes is 1. The van der Waals surface area contributed by atoms with Gasteiger partial charge in [0, 0.05) is 28.9 Å². The fourth-order valence-corrected chi connectivity index (χ4v) is 4.64. The molecule has 1 saturated carbocycles. The first-order valence-corrected chi connectivity index (χ1v) is 12.0. The molecule has 0 atom stereocenters. The molecule has 1 fully saturated rings. The van der Waals surface area contributed by atoms with Crippen LogP contribution in [0, 0.1) is 0 Å². The summed E-state index contributed by atoms with van der Waals surface area (Å²) in [6.07, 6.45) is 7.40. The first kappa shape index (κ1) is 26.3. The van der Waals surface area contributed by atoms with Gasteiger partial charge in [-0.3, -0.25) is 10.1 Å². The number of amides is 2. The van der Waals surface area contributed by atoms with Crippen LogP contribution in [0.5, 0.6) is 0 Å². The molecular formula is C24H33N3O5S. The van der Waals surface area contributed by atoms with E-state index in [9.17, 15) is 14.4 Å². The minimum atomic E-state index is -0.713. The number of nitrogens with one attached hydrogen (secondary N) is 1. The number of benzene rings is 1. The molecule has 0 saturated heterocycles. The molecule has 2 amide bonds. The van der Waals surface area contributed by atoms with E-state index in [0.29, 0.717) is 17.2 Å². The highest BCUT2D eigenvalue weighted by Crippen LogP contribution is 2.38. The maximum atomic E-state index is 11.7. The summed E-state index contributed by atoms with van der Waals surface area (Å²) < 4.78 is 9.46. The number of carbonyl (C=O) groups excluding carboxylic acids is 3. The van der Waals surface area contributed by atoms with Crippen molar-refractivity contribution in [3.8, 4) is 10.4 Å². The minimum absolute atomic E-state index is 0.0995. The number of anilines is 1. The summed E-state index contributed by atoms with van der Waals surface area (Å²) in [5.41, 5.74) is 6.56. The van der Waals surface area contributed by atoms with E-state index in [-0.39, 0.29) is 12.2 Å². The molecule has 3 rings (SSSR count). The number of hydrogen-bond donors (Lipinski definition) is 2. The number of ether oxygens (including phenoxy) is 2. The molecule has 9 heteroatoms. The largest absolute Gasteiger partial charge is 0.447 e. The zero-order valence-electron chi connectivity index (χ0n) is 19.6. The van der Waals surface area contributed by atoms with Gasteiger partial charge < -0.3 is 15.2 Å². The maximum Gasteiger partial charge on any atom is 0.411 e. The van der Waals surface area contributed by atoms with Crippen molar-refractivity contribution >= 4 is 35.5 Å². The van der Waals surface area contributed by atoms with Crippen LogP contribution in [-0.4, -0.2) is 35.7 Å². The Morgan fingerprint density at radius 2 is 1.79 bits per heavy atom. The average molecular weight is 476 g/mol. The van der Waals surface area contributed by atoms with Crippen LogP contribution in [0.4, 0.5) is 15.3 Å². The maximum absolute atomic E-state index is 11.7. The number of rotatable bonds is 6. The summed E-state index contributed by atoms with van der Waals surface area (Å²) in [5.74, 6) is 0.550. The van der Waals surface area contributed by atoms with Crippen LogP contribution in [-0.2, 0) is 9.47 Å². The Labute approximate surface area is 198 Å². The van der Waals surface area contributed by atoms with Crippen LogP contribution in [0.3, 0.4) is 0 Å². The molecule has 1 aromatic carbocycles. The van der Waals surface area contributed by atoms with Gasteiger partial charge in [0.2, 0.25) is 0 Å². The van der Waals surface area contributed by atoms with Crippen LogP contribution in [0.2, 0.25) is 0 Å². The third-order valence-electron chi connectivity index (χ3n) is 4.86. The molecule has 2 aromatic rings. The number of aromatic nitrogens is 1. The molecule has 180 valence electrons. The Balaban J connectivity index is 0.000000479. The van der Waals surface area contributed by atoms with Crippen molar-refractivity contribution in [3.63, 3.8) is 0 Å². The van der Waals surface area contributed by atoms with Crippen LogP contribution < -0.4 is 11.1 Å². The topological polar surface area (TPSA) is 121 Å². The van der Waals surface area contributed by atoms with E-state index in [4.69, 9.17) is 4.74 Å². The Kier molecular flexibility index (Phi) is 10.3. The van der Waals surface area contributed by atoms with Gasteiger partial charge in [-0.1, -0.05) is 25.3 Å². The summed E-state index contributed by atoms with van der Waals surface area (Å²) >= 11 is 1.67. The van der Waals surface area contributed by atoms with Crippen LogP contribution in [0.25, 0.3) is 10.4 Å². The smallest absolute Gasteiger partial charge is 0.411 e. The summed E-state index contributed by atoms with van der Waals surface area (Å²) in [7, 11) is 0. The van der Waals surface area contributed by atoms with Gasteiger partial charge >= 0.3 is 12.2 Å². The van der Waals surface area contributed by atoms with Crippen LogP contribution in [0.15, 0.2) is 24.4 Å². The lowest BCUT2D eigenvalue weighted by Gasteiger charge is -2.18. The van der Waals surface area contributed by atoms with Crippen molar-refractivity contribution in [1.82, 2.24) is 4.98 Å². The van der Waals surface area contributed by atoms with Gasteiger partial charge in [-0.15, -0.1) is 11.3 Å². The first-order chi connectivity index (χ1) is 15.7. The summed E-state index contributed by atoms with van der Waals surface area (Å²) in [4.78, 5) is 38.7. The number of thiazole rings is 1. The van der Waals surface area contributed by atoms with Gasteiger partial charge in [0.25, 0.3) is 0 Å². The fraction of sp³-hybridized carbons (Fsp3) is 0.500. The van der Waals surface area contributed by atoms with Crippen molar-refractivity contribution < 1.29 is 23.9 Å². The lowest BCUT2D eigenvalue weighted by molar-refractivity contribution is 0.112. The van der Waals surface area contributed by atoms with Crippen molar-refractivity contribution in [3.05, 3.63) is 35.0 Å². The molecule has 1 heterocycles. The number of nitrogens with zero attached hydrogens (tertiary/aromatic N) is 1. The normalized spacial score (nSPS) is 13.8. The number of nitrogens with two attached hydrogens (primary N) is 1. The second kappa shape index (κ2) is 12.9. The summed E-state index contributed by atoms with van der Waals surface area (Å²) in [5, 5.41) is 3.82. The van der Waals surface area contributed by atoms with E-state index in [2.05, 4.69) is 20.8 Å². The predicted molar refractivity (Wildman–Crippen MR) is 130 cm³/mol. The van der Waals surface area contributed by atoms with Crippen molar-refractivity contribution in [2.75, 3.05) is 5.32 Å². The van der Waals surface area contributed by atoms with Gasteiger partial charge in [-0.2, -0.15) is 0 Å². The molecule has 1 aliphatic rings. The van der Waals surface area contributed by atoms with Gasteiger partial charge in [-0.25, -0.2) is 14.6 Å². The second-order valence-electron chi connectivity index (χ2n) is 8.38. The van der Waals surface area contributed by atoms with Crippen molar-refractivity contribution in [2.45, 2.75) is 77.9 Å². The van der Waals surface area contributed by atoms with Gasteiger partial charge in [0.1, 0.15) is 0 Å². The molecule has 33 heavy (non-hydrogen) atoms. The van der Waals surface area contributed by atoms with Crippen molar-refractivity contribution in [1.29, 1.82) is 0 Å². The molecule has 0 spiro atoms. The predicted octanol–water partition coefficient (Wildman–Crippen LogP) is 6.12. The lowest BCUT2D eigenvalue weighted by atomic mass is 9.90. The fourth-order valence-electron chi connectivity index (χ4n) is 3.51. The van der Waals surface area contributed by atoms with Crippen LogP contribution >= 0.6 is 11.3 Å². The molecule has 8 nitrogen and oxygen atoms in total. The molecular weight excluding hydrogens is 442 g/mol. The second-order valence-corrected chi connectivity index (χ2v) is 9.44. The highest BCUT2D eigenvalue weighted by molar-refractivity contribution is 7.15. The summed E-state index contributed by atoms with van der Waals surface area (Å²) in [6, 6.07) is 5.31. The summed E-state index contributed by atoms with van der Waals surface area (Å²) in [6.45, 7) is 7.05. The van der Waals surface area contributed by atoms with E-state index in [0.717, 1.165) is 16.7 Å². The van der Waals surface area contributed by atoms with E-state index < -0.39 is 12.2 Å². The van der Waals surface area contributed by atoms with Gasteiger partial charge in [0.15, 0.2) is 6.29 Å². The molecule has 1 aromatic heterocycles. The highest BCUT2D eigenvalue weighted by atomic mass is 32.1. The molecule has 0 radical (unpaired) electrons. The van der Waals surface area contributed by atoms with Crippen LogP contribution in [0.1, 0.15) is 81.1 Å². The van der Waals surface area contributed by atoms with E-state index >= 15 is 0 Å². The Morgan fingerprint density at radius 3 is 2.33 bits per heavy atom. The van der Waals surface area contributed by atoms with E-state index in [1.807, 2.05) is 12.3 Å². The van der Waals surface area contributed by atoms with E-state index in [1.165, 1.54) is 37.1 Å². The zero-order chi connectivity index (χ0) is 24.4. The molecule has 0 aliphatic heterocycles. The highest BCUT2D eigenvalue weighted by Gasteiger charge is 2.20. The number of primary amides is 1. The molecule has 0 unspecified atom stereocenters. The standard InChI is InChI=1S/C20H24N2O3S.C4H9NO2/c1-13(2)25-20(24)22-16-8-9-17(15(10-16)12-23)18-11-21-19(26-18)14-6-4-3-5-7-14;1-3(2)7-4(5)6/h8-14H,3-7H2,1-2H3,(H,22,24);3H,1-2H3,(H2,5,6). The first-order valence-electron chi connectivity index (χ1n) is 11.2. The molecule has 0 bridgehead atoms. The Hall–Kier alpha value is -2.94. The SMILES string of the molecule is CC(C)OC(=O)Nc1ccc(-c2cnc(C3CCCCC3)s2)c(C=O)c1.CC(C)OC(N)=O. The van der Waals surface area contributed by atoms with E-state index in [1.54, 1.807) is 51.2 Å².